The van der Waals surface area contributed by atoms with Crippen LogP contribution in [0, 0.1) is 0 Å². The van der Waals surface area contributed by atoms with Gasteiger partial charge < -0.3 is 14.5 Å². The van der Waals surface area contributed by atoms with Crippen molar-refractivity contribution in [3.05, 3.63) is 71.1 Å². The normalized spacial score (nSPS) is 16.2. The fourth-order valence-corrected chi connectivity index (χ4v) is 4.23. The minimum Gasteiger partial charge on any atom is -0.406 e. The molecule has 9 nitrogen and oxygen atoms in total. The zero-order valence-corrected chi connectivity index (χ0v) is 18.8. The van der Waals surface area contributed by atoms with Crippen molar-refractivity contribution < 1.29 is 35.9 Å². The molecule has 2 N–H and O–H groups in total. The van der Waals surface area contributed by atoms with Crippen LogP contribution in [0.15, 0.2) is 64.7 Å². The van der Waals surface area contributed by atoms with Crippen molar-refractivity contribution in [2.75, 3.05) is 26.2 Å². The number of nitrogens with two attached hydrogens (primary N) is 1. The Bertz CT molecular complexity index is 1300. The van der Waals surface area contributed by atoms with Crippen molar-refractivity contribution in [1.82, 2.24) is 14.8 Å². The highest BCUT2D eigenvalue weighted by atomic mass is 32.2. The Hall–Kier alpha value is -3.71. The molecule has 0 saturated carbocycles. The van der Waals surface area contributed by atoms with Crippen molar-refractivity contribution in [3.8, 4) is 5.75 Å². The summed E-state index contributed by atoms with van der Waals surface area (Å²) in [4.78, 5) is 32.1. The Balaban J connectivity index is 1.30. The van der Waals surface area contributed by atoms with Gasteiger partial charge in [0.05, 0.1) is 0 Å². The lowest BCUT2D eigenvalue weighted by Crippen LogP contribution is -2.36. The van der Waals surface area contributed by atoms with E-state index in [4.69, 9.17) is 5.14 Å². The maximum Gasteiger partial charge on any atom is 0.573 e. The highest BCUT2D eigenvalue weighted by molar-refractivity contribution is 7.89. The zero-order chi connectivity index (χ0) is 25.4. The van der Waals surface area contributed by atoms with E-state index in [1.54, 1.807) is 9.80 Å². The molecule has 0 bridgehead atoms. The second kappa shape index (κ2) is 9.15. The Labute approximate surface area is 198 Å². The molecule has 0 saturated heterocycles. The van der Waals surface area contributed by atoms with Crippen molar-refractivity contribution in [2.24, 2.45) is 5.14 Å². The Morgan fingerprint density at radius 1 is 0.971 bits per heavy atom. The van der Waals surface area contributed by atoms with Crippen LogP contribution in [-0.4, -0.2) is 67.6 Å². The fourth-order valence-electron chi connectivity index (χ4n) is 3.77. The van der Waals surface area contributed by atoms with E-state index in [-0.39, 0.29) is 28.2 Å². The lowest BCUT2D eigenvalue weighted by Gasteiger charge is -2.22. The number of halogens is 3. The third-order valence-corrected chi connectivity index (χ3v) is 6.34. The van der Waals surface area contributed by atoms with E-state index in [0.29, 0.717) is 31.7 Å². The smallest absolute Gasteiger partial charge is 0.406 e. The molecule has 0 atom stereocenters. The topological polar surface area (TPSA) is 123 Å². The number of aromatic nitrogens is 1. The largest absolute Gasteiger partial charge is 0.573 e. The van der Waals surface area contributed by atoms with E-state index >= 15 is 0 Å². The average Bonchev–Trinajstić information content (AvgIpc) is 3.36. The van der Waals surface area contributed by atoms with Crippen LogP contribution in [0.5, 0.6) is 5.75 Å². The average molecular weight is 508 g/mol. The van der Waals surface area contributed by atoms with Gasteiger partial charge in [0.1, 0.15) is 16.3 Å². The minimum atomic E-state index is -4.77. The molecular weight excluding hydrogens is 489 g/mol. The van der Waals surface area contributed by atoms with Gasteiger partial charge in [-0.2, -0.15) is 0 Å². The van der Waals surface area contributed by atoms with E-state index in [1.807, 2.05) is 0 Å². The van der Waals surface area contributed by atoms with Crippen molar-refractivity contribution in [1.29, 1.82) is 0 Å². The van der Waals surface area contributed by atoms with Crippen LogP contribution < -0.4 is 9.88 Å². The Morgan fingerprint density at radius 2 is 1.57 bits per heavy atom. The first-order valence-corrected chi connectivity index (χ1v) is 11.7. The number of amides is 2. The van der Waals surface area contributed by atoms with Gasteiger partial charge in [-0.1, -0.05) is 12.1 Å². The lowest BCUT2D eigenvalue weighted by molar-refractivity contribution is -0.274. The highest BCUT2D eigenvalue weighted by Crippen LogP contribution is 2.27. The molecule has 0 unspecified atom stereocenters. The maximum absolute atomic E-state index is 12.7. The number of nitrogens with zero attached hydrogens (tertiary/aromatic N) is 3. The van der Waals surface area contributed by atoms with Gasteiger partial charge in [-0.25, -0.2) is 18.5 Å². The van der Waals surface area contributed by atoms with E-state index in [9.17, 15) is 31.2 Å². The molecule has 4 rings (SSSR count). The first kappa shape index (κ1) is 24.4. The molecule has 13 heteroatoms. The number of rotatable bonds is 5. The zero-order valence-electron chi connectivity index (χ0n) is 18.0. The summed E-state index contributed by atoms with van der Waals surface area (Å²) in [5, 5.41) is 5.04. The Kier molecular flexibility index (Phi) is 6.38. The predicted molar refractivity (Wildman–Crippen MR) is 117 cm³/mol. The van der Waals surface area contributed by atoms with Crippen LogP contribution in [0.25, 0.3) is 6.08 Å². The van der Waals surface area contributed by atoms with Crippen molar-refractivity contribution in [2.45, 2.75) is 11.3 Å². The Morgan fingerprint density at radius 3 is 2.09 bits per heavy atom. The summed E-state index contributed by atoms with van der Waals surface area (Å²) in [6.07, 6.45) is -0.910. The number of sulfonamides is 1. The number of pyridine rings is 1. The summed E-state index contributed by atoms with van der Waals surface area (Å²) >= 11 is 0. The molecule has 1 aromatic heterocycles. The second-order valence-corrected chi connectivity index (χ2v) is 9.50. The molecule has 2 aromatic rings. The molecular formula is C22H19F3N4O5S. The van der Waals surface area contributed by atoms with Crippen LogP contribution >= 0.6 is 0 Å². The third kappa shape index (κ3) is 5.87. The molecule has 184 valence electrons. The molecule has 35 heavy (non-hydrogen) atoms. The molecule has 0 spiro atoms. The third-order valence-electron chi connectivity index (χ3n) is 5.44. The van der Waals surface area contributed by atoms with Crippen LogP contribution in [0.2, 0.25) is 0 Å². The van der Waals surface area contributed by atoms with E-state index < -0.39 is 16.4 Å². The maximum atomic E-state index is 12.7. The first-order valence-electron chi connectivity index (χ1n) is 10.2. The van der Waals surface area contributed by atoms with Gasteiger partial charge in [-0.05, 0) is 47.1 Å². The molecule has 2 amide bonds. The molecule has 0 radical (unpaired) electrons. The number of hydrogen-bond donors (Lipinski definition) is 1. The number of alkyl halides is 3. The van der Waals surface area contributed by atoms with Crippen LogP contribution in [0.4, 0.5) is 13.2 Å². The first-order chi connectivity index (χ1) is 16.4. The van der Waals surface area contributed by atoms with Crippen molar-refractivity contribution in [3.63, 3.8) is 0 Å². The van der Waals surface area contributed by atoms with Gasteiger partial charge in [-0.3, -0.25) is 9.59 Å². The molecule has 2 aliphatic rings. The van der Waals surface area contributed by atoms with E-state index in [2.05, 4.69) is 9.72 Å². The molecule has 0 fully saturated rings. The lowest BCUT2D eigenvalue weighted by atomic mass is 10.2. The SMILES string of the molecule is NS(=O)(=O)c1ccc(C(=O)N2CC3=C(CN(C(=O)/C=C/c4ccc(OC(F)(F)F)cc4)C3)C2)nc1. The standard InChI is InChI=1S/C22H19F3N4O5S/c23-22(24,25)34-17-4-1-14(2-5-17)3-8-20(30)28-10-15-12-29(13-16(15)11-28)21(31)19-7-6-18(9-27-19)35(26,32)33/h1-9H,10-13H2,(H2,26,32,33)/b8-3+. The second-order valence-electron chi connectivity index (χ2n) is 7.94. The van der Waals surface area contributed by atoms with Crippen LogP contribution in [0.3, 0.4) is 0 Å². The van der Waals surface area contributed by atoms with Crippen LogP contribution in [-0.2, 0) is 14.8 Å². The summed E-state index contributed by atoms with van der Waals surface area (Å²) in [6.45, 7) is 1.33. The quantitative estimate of drug-likeness (QED) is 0.487. The number of hydrogen-bond acceptors (Lipinski definition) is 6. The van der Waals surface area contributed by atoms with Gasteiger partial charge in [0.15, 0.2) is 0 Å². The number of carbonyl (C=O) groups excluding carboxylic acids is 2. The summed E-state index contributed by atoms with van der Waals surface area (Å²) in [6, 6.07) is 7.64. The summed E-state index contributed by atoms with van der Waals surface area (Å²) in [5.74, 6) is -0.986. The minimum absolute atomic E-state index is 0.0843. The highest BCUT2D eigenvalue weighted by Gasteiger charge is 2.34. The van der Waals surface area contributed by atoms with E-state index in [0.717, 1.165) is 29.5 Å². The summed E-state index contributed by atoms with van der Waals surface area (Å²) < 4.78 is 63.2. The number of benzene rings is 1. The number of carbonyl (C=O) groups is 2. The fraction of sp³-hybridized carbons (Fsp3) is 0.227. The number of ether oxygens (including phenoxy) is 1. The van der Waals surface area contributed by atoms with Gasteiger partial charge in [0.2, 0.25) is 15.9 Å². The summed E-state index contributed by atoms with van der Waals surface area (Å²) in [7, 11) is -3.91. The van der Waals surface area contributed by atoms with Gasteiger partial charge in [0, 0.05) is 38.5 Å². The van der Waals surface area contributed by atoms with Gasteiger partial charge in [-0.15, -0.1) is 13.2 Å². The molecule has 0 aliphatic carbocycles. The van der Waals surface area contributed by atoms with Crippen molar-refractivity contribution >= 4 is 27.9 Å². The summed E-state index contributed by atoms with van der Waals surface area (Å²) in [5.41, 5.74) is 2.50. The molecule has 1 aromatic carbocycles. The van der Waals surface area contributed by atoms with Gasteiger partial charge >= 0.3 is 6.36 Å². The monoisotopic (exact) mass is 508 g/mol. The number of primary sulfonamides is 1. The predicted octanol–water partition coefficient (Wildman–Crippen LogP) is 1.94. The van der Waals surface area contributed by atoms with Gasteiger partial charge in [0.25, 0.3) is 5.91 Å². The molecule has 3 heterocycles. The molecule has 2 aliphatic heterocycles. The van der Waals surface area contributed by atoms with Crippen LogP contribution in [0.1, 0.15) is 16.1 Å². The van der Waals surface area contributed by atoms with E-state index in [1.165, 1.54) is 36.4 Å².